The monoisotopic (exact) mass is 265 g/mol. The third-order valence-corrected chi connectivity index (χ3v) is 4.12. The number of carbonyl (C=O) groups excluding carboxylic acids is 1. The molecule has 1 aromatic rings. The minimum Gasteiger partial charge on any atom is -0.474 e. The number of aliphatic carboxylic acids is 1. The van der Waals surface area contributed by atoms with Crippen molar-refractivity contribution >= 4 is 23.6 Å². The first-order chi connectivity index (χ1) is 8.58. The molecule has 1 amide bonds. The number of amides is 1. The summed E-state index contributed by atoms with van der Waals surface area (Å²) in [4.78, 5) is 24.4. The smallest absolute Gasteiger partial charge is 0.394 e. The number of carboxylic acids is 1. The molecule has 1 N–H and O–H groups in total. The Labute approximate surface area is 110 Å². The van der Waals surface area contributed by atoms with Gasteiger partial charge in [-0.25, -0.2) is 4.79 Å². The molecular weight excluding hydrogens is 250 g/mol. The van der Waals surface area contributed by atoms with Crippen molar-refractivity contribution in [1.29, 1.82) is 0 Å². The normalized spacial score (nSPS) is 13.8. The molecule has 96 valence electrons. The zero-order chi connectivity index (χ0) is 13.1. The van der Waals surface area contributed by atoms with Gasteiger partial charge in [0.15, 0.2) is 0 Å². The number of hydrogen-bond donors (Lipinski definition) is 1. The van der Waals surface area contributed by atoms with Crippen LogP contribution in [-0.4, -0.2) is 34.7 Å². The second-order valence-electron chi connectivity index (χ2n) is 4.36. The third-order valence-electron chi connectivity index (χ3n) is 2.92. The lowest BCUT2D eigenvalue weighted by Crippen LogP contribution is -2.32. The number of benzene rings is 1. The van der Waals surface area contributed by atoms with E-state index in [0.29, 0.717) is 6.54 Å². The quantitative estimate of drug-likeness (QED) is 0.828. The Bertz CT molecular complexity index is 487. The van der Waals surface area contributed by atoms with E-state index in [9.17, 15) is 9.59 Å². The minimum absolute atomic E-state index is 0.336. The molecule has 1 heterocycles. The van der Waals surface area contributed by atoms with Crippen molar-refractivity contribution in [3.8, 4) is 0 Å². The summed E-state index contributed by atoms with van der Waals surface area (Å²) in [6.07, 6.45) is 2.23. The van der Waals surface area contributed by atoms with E-state index in [1.807, 2.05) is 17.8 Å². The van der Waals surface area contributed by atoms with Gasteiger partial charge in [-0.1, -0.05) is 12.1 Å². The second kappa shape index (κ2) is 5.44. The summed E-state index contributed by atoms with van der Waals surface area (Å²) in [6.45, 7) is 0.336. The average Bonchev–Trinajstić information content (AvgIpc) is 2.37. The molecule has 0 aliphatic carbocycles. The fraction of sp³-hybridized carbons (Fsp3) is 0.385. The van der Waals surface area contributed by atoms with Crippen molar-refractivity contribution in [2.24, 2.45) is 0 Å². The minimum atomic E-state index is -1.41. The van der Waals surface area contributed by atoms with E-state index in [0.717, 1.165) is 17.7 Å². The van der Waals surface area contributed by atoms with Crippen LogP contribution in [0.5, 0.6) is 0 Å². The van der Waals surface area contributed by atoms with Crippen molar-refractivity contribution in [3.63, 3.8) is 0 Å². The van der Waals surface area contributed by atoms with Gasteiger partial charge in [0, 0.05) is 18.5 Å². The van der Waals surface area contributed by atoms with E-state index in [2.05, 4.69) is 12.1 Å². The van der Waals surface area contributed by atoms with Crippen molar-refractivity contribution in [1.82, 2.24) is 4.90 Å². The van der Waals surface area contributed by atoms with Gasteiger partial charge in [0.1, 0.15) is 0 Å². The highest BCUT2D eigenvalue weighted by molar-refractivity contribution is 7.99. The van der Waals surface area contributed by atoms with Gasteiger partial charge < -0.3 is 10.0 Å². The molecule has 1 aliphatic heterocycles. The van der Waals surface area contributed by atoms with Gasteiger partial charge in [0.2, 0.25) is 0 Å². The molecule has 0 aromatic heterocycles. The van der Waals surface area contributed by atoms with E-state index >= 15 is 0 Å². The summed E-state index contributed by atoms with van der Waals surface area (Å²) >= 11 is 1.85. The van der Waals surface area contributed by atoms with E-state index in [-0.39, 0.29) is 0 Å². The fourth-order valence-corrected chi connectivity index (χ4v) is 3.04. The third kappa shape index (κ3) is 2.85. The maximum absolute atomic E-state index is 11.3. The lowest BCUT2D eigenvalue weighted by molar-refractivity contribution is -0.155. The first-order valence-electron chi connectivity index (χ1n) is 5.81. The molecule has 0 radical (unpaired) electrons. The Kier molecular flexibility index (Phi) is 3.91. The Hall–Kier alpha value is -1.49. The molecule has 0 fully saturated rings. The molecule has 0 unspecified atom stereocenters. The van der Waals surface area contributed by atoms with Crippen LogP contribution in [0.25, 0.3) is 0 Å². The van der Waals surface area contributed by atoms with E-state index in [4.69, 9.17) is 5.11 Å². The molecule has 0 saturated heterocycles. The Morgan fingerprint density at radius 2 is 2.22 bits per heavy atom. The summed E-state index contributed by atoms with van der Waals surface area (Å²) in [5, 5.41) is 8.63. The van der Waals surface area contributed by atoms with Gasteiger partial charge in [0.05, 0.1) is 0 Å². The lowest BCUT2D eigenvalue weighted by Gasteiger charge is -2.18. The Balaban J connectivity index is 2.10. The lowest BCUT2D eigenvalue weighted by atomic mass is 10.1. The molecule has 0 saturated carbocycles. The largest absolute Gasteiger partial charge is 0.474 e. The van der Waals surface area contributed by atoms with Gasteiger partial charge in [-0.05, 0) is 35.8 Å². The second-order valence-corrected chi connectivity index (χ2v) is 5.50. The molecule has 5 heteroatoms. The van der Waals surface area contributed by atoms with Crippen LogP contribution in [0.2, 0.25) is 0 Å². The van der Waals surface area contributed by atoms with Crippen LogP contribution in [0.4, 0.5) is 0 Å². The highest BCUT2D eigenvalue weighted by Crippen LogP contribution is 2.30. The first kappa shape index (κ1) is 13.0. The van der Waals surface area contributed by atoms with Crippen molar-refractivity contribution in [2.75, 3.05) is 12.8 Å². The van der Waals surface area contributed by atoms with Gasteiger partial charge in [-0.15, -0.1) is 11.8 Å². The van der Waals surface area contributed by atoms with Crippen LogP contribution in [0.1, 0.15) is 17.5 Å². The van der Waals surface area contributed by atoms with Gasteiger partial charge >= 0.3 is 11.9 Å². The van der Waals surface area contributed by atoms with Crippen LogP contribution < -0.4 is 0 Å². The van der Waals surface area contributed by atoms with Crippen molar-refractivity contribution in [2.45, 2.75) is 24.3 Å². The molecule has 1 aromatic carbocycles. The van der Waals surface area contributed by atoms with Crippen molar-refractivity contribution < 1.29 is 14.7 Å². The molecule has 0 atom stereocenters. The summed E-state index contributed by atoms with van der Waals surface area (Å²) in [5.41, 5.74) is 2.29. The Morgan fingerprint density at radius 3 is 2.94 bits per heavy atom. The van der Waals surface area contributed by atoms with Gasteiger partial charge in [-0.3, -0.25) is 4.79 Å². The number of likely N-dealkylation sites (N-methyl/N-ethyl adjacent to an activating group) is 1. The predicted octanol–water partition coefficient (Wildman–Crippen LogP) is 1.77. The maximum atomic E-state index is 11.3. The standard InChI is InChI=1S/C13H15NO3S/c1-14(12(15)13(16)17)8-9-4-5-11-10(7-9)3-2-6-18-11/h4-5,7H,2-3,6,8H2,1H3,(H,16,17). The highest BCUT2D eigenvalue weighted by atomic mass is 32.2. The summed E-state index contributed by atoms with van der Waals surface area (Å²) in [5.74, 6) is -1.13. The first-order valence-corrected chi connectivity index (χ1v) is 6.79. The molecular formula is C13H15NO3S. The number of carboxylic acid groups (broad SMARTS) is 1. The molecule has 0 spiro atoms. The van der Waals surface area contributed by atoms with Gasteiger partial charge in [0.25, 0.3) is 0 Å². The molecule has 1 aliphatic rings. The number of thioether (sulfide) groups is 1. The fourth-order valence-electron chi connectivity index (χ4n) is 2.02. The van der Waals surface area contributed by atoms with Crippen LogP contribution in [0, 0.1) is 0 Å². The molecule has 2 rings (SSSR count). The SMILES string of the molecule is CN(Cc1ccc2c(c1)CCCS2)C(=O)C(=O)O. The van der Waals surface area contributed by atoms with Crippen LogP contribution in [0.15, 0.2) is 23.1 Å². The van der Waals surface area contributed by atoms with E-state index in [1.54, 1.807) is 0 Å². The number of carbonyl (C=O) groups is 2. The van der Waals surface area contributed by atoms with Crippen LogP contribution >= 0.6 is 11.8 Å². The topological polar surface area (TPSA) is 57.6 Å². The molecule has 0 bridgehead atoms. The van der Waals surface area contributed by atoms with Crippen molar-refractivity contribution in [3.05, 3.63) is 29.3 Å². The summed E-state index contributed by atoms with van der Waals surface area (Å²) < 4.78 is 0. The zero-order valence-corrected chi connectivity index (χ0v) is 11.0. The number of rotatable bonds is 2. The maximum Gasteiger partial charge on any atom is 0.394 e. The van der Waals surface area contributed by atoms with Gasteiger partial charge in [-0.2, -0.15) is 0 Å². The predicted molar refractivity (Wildman–Crippen MR) is 69.6 cm³/mol. The Morgan fingerprint density at radius 1 is 1.44 bits per heavy atom. The number of nitrogens with zero attached hydrogens (tertiary/aromatic N) is 1. The highest BCUT2D eigenvalue weighted by Gasteiger charge is 2.18. The zero-order valence-electron chi connectivity index (χ0n) is 10.2. The van der Waals surface area contributed by atoms with Crippen LogP contribution in [-0.2, 0) is 22.6 Å². The van der Waals surface area contributed by atoms with E-state index < -0.39 is 11.9 Å². The molecule has 4 nitrogen and oxygen atoms in total. The van der Waals surface area contributed by atoms with Crippen LogP contribution in [0.3, 0.4) is 0 Å². The number of aryl methyl sites for hydroxylation is 1. The summed E-state index contributed by atoms with van der Waals surface area (Å²) in [6, 6.07) is 6.10. The number of hydrogen-bond acceptors (Lipinski definition) is 3. The number of fused-ring (bicyclic) bond motifs is 1. The average molecular weight is 265 g/mol. The molecule has 18 heavy (non-hydrogen) atoms. The summed E-state index contributed by atoms with van der Waals surface area (Å²) in [7, 11) is 1.50. The van der Waals surface area contributed by atoms with E-state index in [1.165, 1.54) is 28.8 Å².